The lowest BCUT2D eigenvalue weighted by Gasteiger charge is -2.07. The molecule has 0 aromatic heterocycles. The van der Waals surface area contributed by atoms with Crippen molar-refractivity contribution in [3.8, 4) is 0 Å². The van der Waals surface area contributed by atoms with Crippen LogP contribution in [0.2, 0.25) is 0 Å². The van der Waals surface area contributed by atoms with E-state index in [1.165, 1.54) is 25.7 Å². The Morgan fingerprint density at radius 1 is 1.60 bits per heavy atom. The van der Waals surface area contributed by atoms with Crippen molar-refractivity contribution in [2.75, 3.05) is 12.0 Å². The first kappa shape index (κ1) is 8.41. The van der Waals surface area contributed by atoms with Crippen LogP contribution in [-0.4, -0.2) is 18.1 Å². The van der Waals surface area contributed by atoms with Gasteiger partial charge in [-0.15, -0.1) is 0 Å². The van der Waals surface area contributed by atoms with E-state index in [1.807, 2.05) is 11.8 Å². The van der Waals surface area contributed by atoms with Crippen LogP contribution in [0.4, 0.5) is 0 Å². The van der Waals surface area contributed by atoms with E-state index < -0.39 is 0 Å². The summed E-state index contributed by atoms with van der Waals surface area (Å²) < 4.78 is 0. The molecule has 0 heterocycles. The molecular weight excluding hydrogens is 142 g/mol. The monoisotopic (exact) mass is 159 g/mol. The number of nitrogens with two attached hydrogens (primary N) is 1. The Morgan fingerprint density at radius 2 is 2.30 bits per heavy atom. The van der Waals surface area contributed by atoms with Crippen molar-refractivity contribution in [1.29, 1.82) is 0 Å². The van der Waals surface area contributed by atoms with Crippen LogP contribution in [0.25, 0.3) is 0 Å². The molecule has 1 rings (SSSR count). The van der Waals surface area contributed by atoms with Gasteiger partial charge in [0.15, 0.2) is 0 Å². The van der Waals surface area contributed by atoms with Gasteiger partial charge >= 0.3 is 0 Å². The van der Waals surface area contributed by atoms with Gasteiger partial charge in [0.1, 0.15) is 0 Å². The van der Waals surface area contributed by atoms with Crippen LogP contribution in [0, 0.1) is 5.92 Å². The van der Waals surface area contributed by atoms with E-state index in [1.54, 1.807) is 0 Å². The summed E-state index contributed by atoms with van der Waals surface area (Å²) in [5.41, 5.74) is 5.84. The third-order valence-corrected chi connectivity index (χ3v) is 2.78. The molecule has 60 valence electrons. The molecule has 10 heavy (non-hydrogen) atoms. The molecule has 1 unspecified atom stereocenters. The second-order valence-corrected chi connectivity index (χ2v) is 4.15. The highest BCUT2D eigenvalue weighted by Crippen LogP contribution is 2.33. The Labute approximate surface area is 67.8 Å². The Morgan fingerprint density at radius 3 is 2.80 bits per heavy atom. The standard InChI is InChI=1S/C8H17NS/c1-10-6-8(9)5-4-7-2-3-7/h7-8H,2-6,9H2,1H3. The van der Waals surface area contributed by atoms with E-state index in [9.17, 15) is 0 Å². The molecule has 1 fully saturated rings. The summed E-state index contributed by atoms with van der Waals surface area (Å²) in [4.78, 5) is 0. The Kier molecular flexibility index (Phi) is 3.57. The SMILES string of the molecule is CSCC(N)CCC1CC1. The van der Waals surface area contributed by atoms with E-state index >= 15 is 0 Å². The van der Waals surface area contributed by atoms with Crippen LogP contribution in [0.1, 0.15) is 25.7 Å². The van der Waals surface area contributed by atoms with Crippen LogP contribution in [0.15, 0.2) is 0 Å². The molecule has 0 spiro atoms. The largest absolute Gasteiger partial charge is 0.327 e. The first-order valence-corrected chi connectivity index (χ1v) is 5.47. The van der Waals surface area contributed by atoms with Gasteiger partial charge in [-0.3, -0.25) is 0 Å². The molecule has 0 radical (unpaired) electrons. The van der Waals surface area contributed by atoms with E-state index in [2.05, 4.69) is 6.26 Å². The van der Waals surface area contributed by atoms with Gasteiger partial charge in [0.05, 0.1) is 0 Å². The van der Waals surface area contributed by atoms with Gasteiger partial charge in [-0.2, -0.15) is 11.8 Å². The fraction of sp³-hybridized carbons (Fsp3) is 1.00. The van der Waals surface area contributed by atoms with Crippen molar-refractivity contribution in [2.24, 2.45) is 11.7 Å². The number of hydrogen-bond acceptors (Lipinski definition) is 2. The molecule has 0 aliphatic heterocycles. The number of hydrogen-bond donors (Lipinski definition) is 1. The first-order chi connectivity index (χ1) is 4.83. The average Bonchev–Trinajstić information content (AvgIpc) is 2.67. The molecule has 0 saturated heterocycles. The predicted octanol–water partition coefficient (Wildman–Crippen LogP) is 1.87. The molecule has 2 N–H and O–H groups in total. The van der Waals surface area contributed by atoms with Crippen LogP contribution < -0.4 is 5.73 Å². The summed E-state index contributed by atoms with van der Waals surface area (Å²) in [5, 5.41) is 0. The van der Waals surface area contributed by atoms with Crippen LogP contribution >= 0.6 is 11.8 Å². The molecule has 0 bridgehead atoms. The maximum absolute atomic E-state index is 5.84. The highest BCUT2D eigenvalue weighted by molar-refractivity contribution is 7.98. The van der Waals surface area contributed by atoms with Gasteiger partial charge in [0.25, 0.3) is 0 Å². The molecular formula is C8H17NS. The normalized spacial score (nSPS) is 21.0. The van der Waals surface area contributed by atoms with Gasteiger partial charge in [-0.25, -0.2) is 0 Å². The average molecular weight is 159 g/mol. The first-order valence-electron chi connectivity index (χ1n) is 4.07. The van der Waals surface area contributed by atoms with Crippen molar-refractivity contribution >= 4 is 11.8 Å². The highest BCUT2D eigenvalue weighted by atomic mass is 32.2. The lowest BCUT2D eigenvalue weighted by molar-refractivity contribution is 0.592. The van der Waals surface area contributed by atoms with Crippen LogP contribution in [-0.2, 0) is 0 Å². The topological polar surface area (TPSA) is 26.0 Å². The summed E-state index contributed by atoms with van der Waals surface area (Å²) in [6.45, 7) is 0. The second-order valence-electron chi connectivity index (χ2n) is 3.24. The maximum atomic E-state index is 5.84. The molecule has 0 aromatic rings. The zero-order chi connectivity index (χ0) is 7.40. The number of thioether (sulfide) groups is 1. The van der Waals surface area contributed by atoms with Gasteiger partial charge in [0, 0.05) is 11.8 Å². The summed E-state index contributed by atoms with van der Waals surface area (Å²) >= 11 is 1.86. The highest BCUT2D eigenvalue weighted by Gasteiger charge is 2.21. The van der Waals surface area contributed by atoms with Crippen molar-refractivity contribution in [3.05, 3.63) is 0 Å². The summed E-state index contributed by atoms with van der Waals surface area (Å²) in [6, 6.07) is 0.454. The van der Waals surface area contributed by atoms with E-state index in [0.717, 1.165) is 11.7 Å². The quantitative estimate of drug-likeness (QED) is 0.662. The summed E-state index contributed by atoms with van der Waals surface area (Å²) in [5.74, 6) is 2.18. The van der Waals surface area contributed by atoms with E-state index in [4.69, 9.17) is 5.73 Å². The second kappa shape index (κ2) is 4.24. The van der Waals surface area contributed by atoms with Crippen molar-refractivity contribution < 1.29 is 0 Å². The third-order valence-electron chi connectivity index (χ3n) is 2.02. The van der Waals surface area contributed by atoms with Gasteiger partial charge in [-0.05, 0) is 25.0 Å². The van der Waals surface area contributed by atoms with Gasteiger partial charge in [-0.1, -0.05) is 12.8 Å². The lowest BCUT2D eigenvalue weighted by Crippen LogP contribution is -2.22. The Balaban J connectivity index is 1.89. The molecule has 1 aliphatic carbocycles. The molecule has 1 aliphatic rings. The van der Waals surface area contributed by atoms with Crippen molar-refractivity contribution in [1.82, 2.24) is 0 Å². The van der Waals surface area contributed by atoms with Crippen molar-refractivity contribution in [2.45, 2.75) is 31.7 Å². The van der Waals surface area contributed by atoms with Gasteiger partial charge < -0.3 is 5.73 Å². The molecule has 1 saturated carbocycles. The zero-order valence-corrected chi connectivity index (χ0v) is 7.49. The molecule has 0 aromatic carbocycles. The lowest BCUT2D eigenvalue weighted by atomic mass is 10.1. The van der Waals surface area contributed by atoms with Gasteiger partial charge in [0.2, 0.25) is 0 Å². The zero-order valence-electron chi connectivity index (χ0n) is 6.68. The minimum atomic E-state index is 0.454. The fourth-order valence-electron chi connectivity index (χ4n) is 1.15. The van der Waals surface area contributed by atoms with Crippen molar-refractivity contribution in [3.63, 3.8) is 0 Å². The minimum Gasteiger partial charge on any atom is -0.327 e. The minimum absolute atomic E-state index is 0.454. The summed E-state index contributed by atoms with van der Waals surface area (Å²) in [6.07, 6.45) is 7.67. The smallest absolute Gasteiger partial charge is 0.0130 e. The fourth-order valence-corrected chi connectivity index (χ4v) is 1.75. The summed E-state index contributed by atoms with van der Waals surface area (Å²) in [7, 11) is 0. The Hall–Kier alpha value is 0.310. The Bertz CT molecular complexity index is 91.3. The molecule has 0 amide bonds. The number of rotatable bonds is 5. The predicted molar refractivity (Wildman–Crippen MR) is 48.3 cm³/mol. The molecule has 2 heteroatoms. The van der Waals surface area contributed by atoms with E-state index in [-0.39, 0.29) is 0 Å². The third kappa shape index (κ3) is 3.47. The van der Waals surface area contributed by atoms with Crippen LogP contribution in [0.5, 0.6) is 0 Å². The van der Waals surface area contributed by atoms with E-state index in [0.29, 0.717) is 6.04 Å². The molecule has 1 nitrogen and oxygen atoms in total. The maximum Gasteiger partial charge on any atom is 0.0130 e. The molecule has 1 atom stereocenters. The van der Waals surface area contributed by atoms with Crippen LogP contribution in [0.3, 0.4) is 0 Å².